The number of hydrogen-bond donors (Lipinski definition) is 1. The maximum Gasteiger partial charge on any atom is 0.175 e. The highest BCUT2D eigenvalue weighted by molar-refractivity contribution is 9.10. The van der Waals surface area contributed by atoms with Crippen LogP contribution in [0.25, 0.3) is 10.8 Å². The van der Waals surface area contributed by atoms with Crippen molar-refractivity contribution in [2.75, 3.05) is 11.9 Å². The Morgan fingerprint density at radius 3 is 2.42 bits per heavy atom. The van der Waals surface area contributed by atoms with E-state index in [9.17, 15) is 0 Å². The van der Waals surface area contributed by atoms with Gasteiger partial charge in [0.1, 0.15) is 6.61 Å². The highest BCUT2D eigenvalue weighted by Crippen LogP contribution is 2.38. The maximum atomic E-state index is 6.25. The van der Waals surface area contributed by atoms with Gasteiger partial charge in [0, 0.05) is 16.7 Å². The molecule has 0 fully saturated rings. The van der Waals surface area contributed by atoms with E-state index < -0.39 is 0 Å². The smallest absolute Gasteiger partial charge is 0.175 e. The minimum absolute atomic E-state index is 0.469. The fraction of sp³-hybridized carbons (Fsp3) is 0.154. The molecule has 0 aliphatic rings. The van der Waals surface area contributed by atoms with Gasteiger partial charge in [0.25, 0.3) is 0 Å². The lowest BCUT2D eigenvalue weighted by Crippen LogP contribution is -2.04. The second-order valence-corrected chi connectivity index (χ2v) is 8.90. The number of nitrogens with one attached hydrogen (secondary N) is 1. The van der Waals surface area contributed by atoms with E-state index in [0.29, 0.717) is 19.8 Å². The Hall–Kier alpha value is -2.50. The zero-order valence-electron chi connectivity index (χ0n) is 17.2. The van der Waals surface area contributed by atoms with Gasteiger partial charge in [0.2, 0.25) is 0 Å². The molecule has 3 nitrogen and oxygen atoms in total. The maximum absolute atomic E-state index is 6.25. The van der Waals surface area contributed by atoms with Gasteiger partial charge in [0.15, 0.2) is 11.5 Å². The van der Waals surface area contributed by atoms with Gasteiger partial charge < -0.3 is 14.8 Å². The first-order chi connectivity index (χ1) is 15.1. The molecular formula is C26H23Br2NO2. The molecule has 0 amide bonds. The van der Waals surface area contributed by atoms with Crippen LogP contribution in [0.2, 0.25) is 0 Å². The Morgan fingerprint density at radius 2 is 1.61 bits per heavy atom. The Bertz CT molecular complexity index is 1170. The molecule has 0 radical (unpaired) electrons. The zero-order valence-corrected chi connectivity index (χ0v) is 20.4. The SMILES string of the molecule is CCOc1cc(CNc2ccc(Br)cc2)cc(Br)c1OCc1cccc2ccccc12. The standard InChI is InChI=1S/C26H23Br2NO2/c1-2-30-25-15-18(16-29-22-12-10-21(27)11-13-22)14-24(28)26(25)31-17-20-8-5-7-19-6-3-4-9-23(19)20/h3-15,29H,2,16-17H2,1H3. The van der Waals surface area contributed by atoms with E-state index in [1.165, 1.54) is 10.8 Å². The molecule has 0 heterocycles. The van der Waals surface area contributed by atoms with Gasteiger partial charge in [-0.25, -0.2) is 0 Å². The van der Waals surface area contributed by atoms with Crippen molar-refractivity contribution in [2.24, 2.45) is 0 Å². The average molecular weight is 541 g/mol. The fourth-order valence-electron chi connectivity index (χ4n) is 3.47. The number of hydrogen-bond acceptors (Lipinski definition) is 3. The predicted molar refractivity (Wildman–Crippen MR) is 135 cm³/mol. The van der Waals surface area contributed by atoms with Gasteiger partial charge in [-0.2, -0.15) is 0 Å². The molecule has 0 aromatic heterocycles. The molecule has 158 valence electrons. The molecule has 4 aromatic rings. The largest absolute Gasteiger partial charge is 0.490 e. The highest BCUT2D eigenvalue weighted by Gasteiger charge is 2.13. The quantitative estimate of drug-likeness (QED) is 0.246. The summed E-state index contributed by atoms with van der Waals surface area (Å²) in [7, 11) is 0. The van der Waals surface area contributed by atoms with Gasteiger partial charge in [-0.3, -0.25) is 0 Å². The number of rotatable bonds is 8. The average Bonchev–Trinajstić information content (AvgIpc) is 2.78. The van der Waals surface area contributed by atoms with E-state index in [2.05, 4.69) is 85.7 Å². The number of halogens is 2. The van der Waals surface area contributed by atoms with E-state index in [1.807, 2.05) is 37.3 Å². The van der Waals surface area contributed by atoms with Crippen LogP contribution in [0.5, 0.6) is 11.5 Å². The highest BCUT2D eigenvalue weighted by atomic mass is 79.9. The van der Waals surface area contributed by atoms with Crippen LogP contribution in [0.4, 0.5) is 5.69 Å². The van der Waals surface area contributed by atoms with Crippen molar-refractivity contribution in [1.29, 1.82) is 0 Å². The number of anilines is 1. The molecule has 0 aliphatic carbocycles. The molecule has 0 atom stereocenters. The summed E-state index contributed by atoms with van der Waals surface area (Å²) in [5.74, 6) is 1.46. The summed E-state index contributed by atoms with van der Waals surface area (Å²) in [5, 5.41) is 5.86. The van der Waals surface area contributed by atoms with Gasteiger partial charge in [-0.05, 0) is 81.2 Å². The Kier molecular flexibility index (Phi) is 7.15. The summed E-state index contributed by atoms with van der Waals surface area (Å²) in [6.45, 7) is 3.70. The zero-order chi connectivity index (χ0) is 21.6. The normalized spacial score (nSPS) is 10.8. The first-order valence-electron chi connectivity index (χ1n) is 10.2. The van der Waals surface area contributed by atoms with Gasteiger partial charge in [-0.1, -0.05) is 58.4 Å². The molecule has 0 saturated heterocycles. The predicted octanol–water partition coefficient (Wildman–Crippen LogP) is 7.95. The van der Waals surface area contributed by atoms with Gasteiger partial charge in [-0.15, -0.1) is 0 Å². The molecule has 0 spiro atoms. The summed E-state index contributed by atoms with van der Waals surface area (Å²) < 4.78 is 14.1. The molecule has 4 aromatic carbocycles. The van der Waals surface area contributed by atoms with Crippen molar-refractivity contribution in [1.82, 2.24) is 0 Å². The molecule has 0 aliphatic heterocycles. The van der Waals surface area contributed by atoms with E-state index >= 15 is 0 Å². The topological polar surface area (TPSA) is 30.5 Å². The first kappa shape index (κ1) is 21.7. The molecule has 0 bridgehead atoms. The third kappa shape index (κ3) is 5.41. The molecule has 0 saturated carbocycles. The lowest BCUT2D eigenvalue weighted by atomic mass is 10.1. The number of fused-ring (bicyclic) bond motifs is 1. The van der Waals surface area contributed by atoms with Crippen molar-refractivity contribution < 1.29 is 9.47 Å². The summed E-state index contributed by atoms with van der Waals surface area (Å²) in [6.07, 6.45) is 0. The summed E-state index contributed by atoms with van der Waals surface area (Å²) in [6, 6.07) is 26.9. The first-order valence-corrected chi connectivity index (χ1v) is 11.8. The summed E-state index contributed by atoms with van der Waals surface area (Å²) in [5.41, 5.74) is 3.32. The van der Waals surface area contributed by atoms with Crippen molar-refractivity contribution in [3.63, 3.8) is 0 Å². The Morgan fingerprint density at radius 1 is 0.839 bits per heavy atom. The third-order valence-electron chi connectivity index (χ3n) is 4.96. The van der Waals surface area contributed by atoms with Crippen LogP contribution < -0.4 is 14.8 Å². The van der Waals surface area contributed by atoms with Crippen LogP contribution in [0.1, 0.15) is 18.1 Å². The molecule has 1 N–H and O–H groups in total. The molecular weight excluding hydrogens is 518 g/mol. The number of benzene rings is 4. The minimum atomic E-state index is 0.469. The monoisotopic (exact) mass is 539 g/mol. The number of ether oxygens (including phenoxy) is 2. The molecule has 4 rings (SSSR count). The van der Waals surface area contributed by atoms with Crippen molar-refractivity contribution in [2.45, 2.75) is 20.1 Å². The Labute approximate surface area is 199 Å². The third-order valence-corrected chi connectivity index (χ3v) is 6.08. The second-order valence-electron chi connectivity index (χ2n) is 7.13. The van der Waals surface area contributed by atoms with Crippen LogP contribution in [0, 0.1) is 0 Å². The van der Waals surface area contributed by atoms with Crippen LogP contribution >= 0.6 is 31.9 Å². The lowest BCUT2D eigenvalue weighted by Gasteiger charge is -2.17. The van der Waals surface area contributed by atoms with Crippen molar-refractivity contribution >= 4 is 48.3 Å². The Balaban J connectivity index is 1.53. The van der Waals surface area contributed by atoms with Crippen LogP contribution in [-0.2, 0) is 13.2 Å². The molecule has 0 unspecified atom stereocenters. The van der Waals surface area contributed by atoms with E-state index in [0.717, 1.165) is 37.3 Å². The van der Waals surface area contributed by atoms with Gasteiger partial charge >= 0.3 is 0 Å². The second kappa shape index (κ2) is 10.2. The van der Waals surface area contributed by atoms with Crippen LogP contribution in [0.3, 0.4) is 0 Å². The molecule has 5 heteroatoms. The minimum Gasteiger partial charge on any atom is -0.490 e. The molecule has 31 heavy (non-hydrogen) atoms. The summed E-state index contributed by atoms with van der Waals surface area (Å²) >= 11 is 7.15. The van der Waals surface area contributed by atoms with E-state index in [-0.39, 0.29) is 0 Å². The van der Waals surface area contributed by atoms with E-state index in [1.54, 1.807) is 0 Å². The van der Waals surface area contributed by atoms with E-state index in [4.69, 9.17) is 9.47 Å². The fourth-order valence-corrected chi connectivity index (χ4v) is 4.33. The summed E-state index contributed by atoms with van der Waals surface area (Å²) in [4.78, 5) is 0. The van der Waals surface area contributed by atoms with Gasteiger partial charge in [0.05, 0.1) is 11.1 Å². The lowest BCUT2D eigenvalue weighted by molar-refractivity contribution is 0.268. The van der Waals surface area contributed by atoms with Crippen LogP contribution in [0.15, 0.2) is 87.8 Å². The van der Waals surface area contributed by atoms with Crippen molar-refractivity contribution in [3.8, 4) is 11.5 Å². The van der Waals surface area contributed by atoms with Crippen molar-refractivity contribution in [3.05, 3.63) is 98.9 Å². The van der Waals surface area contributed by atoms with Crippen LogP contribution in [-0.4, -0.2) is 6.61 Å².